The molecule has 7 nitrogen and oxygen atoms in total. The number of rotatable bonds is 6. The first-order valence-electron chi connectivity index (χ1n) is 11.1. The second-order valence-corrected chi connectivity index (χ2v) is 9.05. The van der Waals surface area contributed by atoms with E-state index in [1.807, 2.05) is 24.3 Å². The van der Waals surface area contributed by atoms with Crippen LogP contribution in [-0.2, 0) is 14.3 Å². The van der Waals surface area contributed by atoms with Crippen molar-refractivity contribution < 1.29 is 24.2 Å². The largest absolute Gasteiger partial charge is 0.481 e. The third-order valence-electron chi connectivity index (χ3n) is 7.01. The number of amides is 2. The minimum atomic E-state index is -0.800. The highest BCUT2D eigenvalue weighted by Gasteiger charge is 2.40. The summed E-state index contributed by atoms with van der Waals surface area (Å²) in [5.74, 6) is -1.32. The van der Waals surface area contributed by atoms with Crippen molar-refractivity contribution in [1.82, 2.24) is 10.6 Å². The molecular weight excluding hydrogens is 408 g/mol. The molecule has 32 heavy (non-hydrogen) atoms. The SMILES string of the molecule is O=C(NC1CC(C(=O)NC2CC(C(=O)O)C2)C1)OCC1c2ccccc2-c2ccccc21. The number of hydrogen-bond acceptors (Lipinski definition) is 4. The van der Waals surface area contributed by atoms with Crippen molar-refractivity contribution in [2.24, 2.45) is 11.8 Å². The van der Waals surface area contributed by atoms with Gasteiger partial charge in [0.05, 0.1) is 5.92 Å². The van der Waals surface area contributed by atoms with Crippen LogP contribution in [0.5, 0.6) is 0 Å². The molecular formula is C25H26N2O5. The second-order valence-electron chi connectivity index (χ2n) is 9.05. The first kappa shape index (κ1) is 20.5. The molecule has 166 valence electrons. The molecule has 2 aromatic carbocycles. The third kappa shape index (κ3) is 3.83. The predicted octanol–water partition coefficient (Wildman–Crippen LogP) is 3.28. The van der Waals surface area contributed by atoms with E-state index in [4.69, 9.17) is 9.84 Å². The van der Waals surface area contributed by atoms with Crippen molar-refractivity contribution in [3.8, 4) is 11.1 Å². The number of aliphatic carboxylic acids is 1. The molecule has 2 aromatic rings. The van der Waals surface area contributed by atoms with Gasteiger partial charge in [0.15, 0.2) is 0 Å². The molecule has 7 heteroatoms. The van der Waals surface area contributed by atoms with Crippen LogP contribution in [0.4, 0.5) is 4.79 Å². The molecule has 3 aliphatic rings. The monoisotopic (exact) mass is 434 g/mol. The van der Waals surface area contributed by atoms with Gasteiger partial charge in [0.25, 0.3) is 0 Å². The summed E-state index contributed by atoms with van der Waals surface area (Å²) in [5.41, 5.74) is 4.71. The Kier molecular flexibility index (Phi) is 5.33. The molecule has 0 bridgehead atoms. The summed E-state index contributed by atoms with van der Waals surface area (Å²) >= 11 is 0. The molecule has 3 N–H and O–H groups in total. The molecule has 2 saturated carbocycles. The lowest BCUT2D eigenvalue weighted by molar-refractivity contribution is -0.146. The average molecular weight is 434 g/mol. The molecule has 0 saturated heterocycles. The molecule has 0 heterocycles. The van der Waals surface area contributed by atoms with Gasteiger partial charge >= 0.3 is 12.1 Å². The highest BCUT2D eigenvalue weighted by atomic mass is 16.5. The number of carboxylic acid groups (broad SMARTS) is 1. The van der Waals surface area contributed by atoms with Crippen LogP contribution < -0.4 is 10.6 Å². The van der Waals surface area contributed by atoms with Gasteiger partial charge in [0.1, 0.15) is 6.61 Å². The summed E-state index contributed by atoms with van der Waals surface area (Å²) in [6.45, 7) is 0.267. The number of hydrogen-bond donors (Lipinski definition) is 3. The lowest BCUT2D eigenvalue weighted by Crippen LogP contribution is -2.53. The number of carbonyl (C=O) groups excluding carboxylic acids is 2. The van der Waals surface area contributed by atoms with Crippen LogP contribution in [0.3, 0.4) is 0 Å². The van der Waals surface area contributed by atoms with Crippen molar-refractivity contribution in [1.29, 1.82) is 0 Å². The Morgan fingerprint density at radius 3 is 1.94 bits per heavy atom. The van der Waals surface area contributed by atoms with E-state index in [2.05, 4.69) is 34.9 Å². The lowest BCUT2D eigenvalue weighted by Gasteiger charge is -2.38. The number of carboxylic acids is 1. The van der Waals surface area contributed by atoms with Crippen molar-refractivity contribution >= 4 is 18.0 Å². The van der Waals surface area contributed by atoms with Crippen LogP contribution >= 0.6 is 0 Å². The van der Waals surface area contributed by atoms with E-state index in [9.17, 15) is 14.4 Å². The zero-order valence-corrected chi connectivity index (χ0v) is 17.6. The van der Waals surface area contributed by atoms with E-state index in [1.165, 1.54) is 22.3 Å². The van der Waals surface area contributed by atoms with E-state index in [0.717, 1.165) is 0 Å². The maximum Gasteiger partial charge on any atom is 0.407 e. The molecule has 0 unspecified atom stereocenters. The van der Waals surface area contributed by atoms with Crippen LogP contribution in [-0.4, -0.2) is 41.8 Å². The Morgan fingerprint density at radius 1 is 0.812 bits per heavy atom. The summed E-state index contributed by atoms with van der Waals surface area (Å²) in [7, 11) is 0. The van der Waals surface area contributed by atoms with Crippen molar-refractivity contribution in [2.75, 3.05) is 6.61 Å². The van der Waals surface area contributed by atoms with Gasteiger partial charge in [-0.05, 0) is 47.9 Å². The Hall–Kier alpha value is -3.35. The van der Waals surface area contributed by atoms with Gasteiger partial charge in [-0.15, -0.1) is 0 Å². The topological polar surface area (TPSA) is 105 Å². The van der Waals surface area contributed by atoms with Gasteiger partial charge in [0, 0.05) is 23.9 Å². The van der Waals surface area contributed by atoms with Gasteiger partial charge < -0.3 is 20.5 Å². The maximum atomic E-state index is 12.3. The highest BCUT2D eigenvalue weighted by molar-refractivity contribution is 5.81. The standard InChI is InChI=1S/C25H26N2O5/c28-23(26-16-11-15(12-16)24(29)30)14-9-17(10-14)27-25(31)32-13-22-20-7-3-1-5-18(20)19-6-2-4-8-21(19)22/h1-8,14-17,22H,9-13H2,(H,26,28)(H,27,31)(H,29,30). The highest BCUT2D eigenvalue weighted by Crippen LogP contribution is 2.44. The van der Waals surface area contributed by atoms with Gasteiger partial charge in [0.2, 0.25) is 5.91 Å². The lowest BCUT2D eigenvalue weighted by atomic mass is 9.77. The molecule has 0 spiro atoms. The minimum Gasteiger partial charge on any atom is -0.481 e. The van der Waals surface area contributed by atoms with Gasteiger partial charge in [-0.2, -0.15) is 0 Å². The summed E-state index contributed by atoms with van der Waals surface area (Å²) in [4.78, 5) is 35.5. The minimum absolute atomic E-state index is 0.0187. The molecule has 2 fully saturated rings. The number of carbonyl (C=O) groups is 3. The number of fused-ring (bicyclic) bond motifs is 3. The van der Waals surface area contributed by atoms with E-state index < -0.39 is 12.1 Å². The van der Waals surface area contributed by atoms with E-state index in [-0.39, 0.29) is 42.4 Å². The molecule has 5 rings (SSSR count). The molecule has 3 aliphatic carbocycles. The summed E-state index contributed by atoms with van der Waals surface area (Å²) < 4.78 is 5.56. The van der Waals surface area contributed by atoms with Gasteiger partial charge in [-0.25, -0.2) is 4.79 Å². The fourth-order valence-electron chi connectivity index (χ4n) is 5.01. The Balaban J connectivity index is 1.07. The fourth-order valence-corrected chi connectivity index (χ4v) is 5.01. The van der Waals surface area contributed by atoms with Crippen molar-refractivity contribution in [3.05, 3.63) is 59.7 Å². The zero-order chi connectivity index (χ0) is 22.2. The smallest absolute Gasteiger partial charge is 0.407 e. The molecule has 0 aromatic heterocycles. The normalized spacial score (nSPS) is 25.5. The van der Waals surface area contributed by atoms with Crippen LogP contribution in [0.25, 0.3) is 11.1 Å². The Morgan fingerprint density at radius 2 is 1.34 bits per heavy atom. The number of alkyl carbamates (subject to hydrolysis) is 1. The van der Waals surface area contributed by atoms with E-state index in [1.54, 1.807) is 0 Å². The van der Waals surface area contributed by atoms with Gasteiger partial charge in [-0.3, -0.25) is 9.59 Å². The van der Waals surface area contributed by atoms with Crippen LogP contribution in [0.1, 0.15) is 42.7 Å². The van der Waals surface area contributed by atoms with Crippen LogP contribution in [0.2, 0.25) is 0 Å². The van der Waals surface area contributed by atoms with Crippen LogP contribution in [0, 0.1) is 11.8 Å². The first-order chi connectivity index (χ1) is 15.5. The molecule has 0 atom stereocenters. The van der Waals surface area contributed by atoms with Crippen molar-refractivity contribution in [2.45, 2.75) is 43.7 Å². The summed E-state index contributed by atoms with van der Waals surface area (Å²) in [5, 5.41) is 14.7. The van der Waals surface area contributed by atoms with E-state index >= 15 is 0 Å². The quantitative estimate of drug-likeness (QED) is 0.647. The van der Waals surface area contributed by atoms with Crippen molar-refractivity contribution in [3.63, 3.8) is 0 Å². The second kappa shape index (κ2) is 8.30. The molecule has 0 radical (unpaired) electrons. The van der Waals surface area contributed by atoms with Gasteiger partial charge in [-0.1, -0.05) is 48.5 Å². The first-order valence-corrected chi connectivity index (χ1v) is 11.1. The fraction of sp³-hybridized carbons (Fsp3) is 0.400. The maximum absolute atomic E-state index is 12.3. The predicted molar refractivity (Wildman–Crippen MR) is 117 cm³/mol. The Labute approximate surface area is 186 Å². The number of ether oxygens (including phenoxy) is 1. The summed E-state index contributed by atoms with van der Waals surface area (Å²) in [6, 6.07) is 16.3. The number of nitrogens with one attached hydrogen (secondary N) is 2. The number of benzene rings is 2. The Bertz CT molecular complexity index is 1010. The summed E-state index contributed by atoms with van der Waals surface area (Å²) in [6.07, 6.45) is 1.68. The molecule has 2 amide bonds. The zero-order valence-electron chi connectivity index (χ0n) is 17.6. The average Bonchev–Trinajstić information content (AvgIpc) is 3.04. The van der Waals surface area contributed by atoms with Crippen LogP contribution in [0.15, 0.2) is 48.5 Å². The molecule has 0 aliphatic heterocycles. The third-order valence-corrected chi connectivity index (χ3v) is 7.01. The van der Waals surface area contributed by atoms with E-state index in [0.29, 0.717) is 25.7 Å².